The van der Waals surface area contributed by atoms with E-state index in [2.05, 4.69) is 15.5 Å². The molecule has 3 rings (SSSR count). The summed E-state index contributed by atoms with van der Waals surface area (Å²) in [5.41, 5.74) is 0. The van der Waals surface area contributed by atoms with Gasteiger partial charge in [0.25, 0.3) is 11.1 Å². The molecule has 1 unspecified atom stereocenters. The van der Waals surface area contributed by atoms with Crippen LogP contribution in [-0.4, -0.2) is 45.4 Å². The molecule has 2 heterocycles. The average Bonchev–Trinajstić information content (AvgIpc) is 3.22. The summed E-state index contributed by atoms with van der Waals surface area (Å²) in [6, 6.07) is 5.15. The van der Waals surface area contributed by atoms with Gasteiger partial charge in [-0.1, -0.05) is 11.8 Å². The number of hydrogen-bond acceptors (Lipinski definition) is 7. The van der Waals surface area contributed by atoms with Crippen molar-refractivity contribution in [1.29, 1.82) is 0 Å². The highest BCUT2D eigenvalue weighted by atomic mass is 32.2. The van der Waals surface area contributed by atoms with Crippen molar-refractivity contribution in [3.05, 3.63) is 36.0 Å². The maximum atomic E-state index is 12.8. The highest BCUT2D eigenvalue weighted by Gasteiger charge is 2.31. The number of carbonyl (C=O) groups is 2. The van der Waals surface area contributed by atoms with Gasteiger partial charge in [0.05, 0.1) is 5.25 Å². The van der Waals surface area contributed by atoms with Crippen LogP contribution < -0.4 is 10.1 Å². The average molecular weight is 366 g/mol. The summed E-state index contributed by atoms with van der Waals surface area (Å²) in [5, 5.41) is 9.91. The quantitative estimate of drug-likeness (QED) is 0.779. The minimum absolute atomic E-state index is 0.0239. The first-order chi connectivity index (χ1) is 12.0. The van der Waals surface area contributed by atoms with Gasteiger partial charge >= 0.3 is 6.03 Å². The Morgan fingerprint density at radius 1 is 1.44 bits per heavy atom. The molecule has 1 N–H and O–H groups in total. The van der Waals surface area contributed by atoms with Crippen molar-refractivity contribution < 1.29 is 23.1 Å². The lowest BCUT2D eigenvalue weighted by Crippen LogP contribution is -2.38. The minimum Gasteiger partial charge on any atom is -0.484 e. The zero-order valence-electron chi connectivity index (χ0n) is 13.3. The van der Waals surface area contributed by atoms with E-state index in [-0.39, 0.29) is 29.4 Å². The largest absolute Gasteiger partial charge is 0.484 e. The number of aromatic nitrogens is 2. The van der Waals surface area contributed by atoms with E-state index >= 15 is 0 Å². The van der Waals surface area contributed by atoms with Crippen LogP contribution in [0.3, 0.4) is 0 Å². The van der Waals surface area contributed by atoms with Crippen LogP contribution in [0.2, 0.25) is 0 Å². The molecule has 1 aromatic carbocycles. The van der Waals surface area contributed by atoms with E-state index in [0.717, 1.165) is 16.7 Å². The molecule has 0 aliphatic carbocycles. The van der Waals surface area contributed by atoms with Gasteiger partial charge in [-0.15, -0.1) is 10.2 Å². The Hall–Kier alpha value is -2.62. The Morgan fingerprint density at radius 3 is 2.88 bits per heavy atom. The molecule has 0 saturated carbocycles. The maximum Gasteiger partial charge on any atom is 0.324 e. The molecule has 0 bridgehead atoms. The smallest absolute Gasteiger partial charge is 0.324 e. The maximum absolute atomic E-state index is 12.8. The SMILES string of the molecule is CC(Sc1nnc(COc2ccc(F)cc2)o1)C(=O)N1CCNC1=O. The molecule has 1 saturated heterocycles. The van der Waals surface area contributed by atoms with Crippen molar-refractivity contribution in [1.82, 2.24) is 20.4 Å². The van der Waals surface area contributed by atoms with Crippen molar-refractivity contribution in [3.63, 3.8) is 0 Å². The van der Waals surface area contributed by atoms with Gasteiger partial charge < -0.3 is 14.5 Å². The van der Waals surface area contributed by atoms with Crippen LogP contribution in [0.15, 0.2) is 33.9 Å². The number of halogens is 1. The summed E-state index contributed by atoms with van der Waals surface area (Å²) in [4.78, 5) is 24.9. The second-order valence-corrected chi connectivity index (χ2v) is 6.48. The number of nitrogens with one attached hydrogen (secondary N) is 1. The van der Waals surface area contributed by atoms with Crippen molar-refractivity contribution >= 4 is 23.7 Å². The third-order valence-corrected chi connectivity index (χ3v) is 4.29. The number of rotatable bonds is 6. The summed E-state index contributed by atoms with van der Waals surface area (Å²) >= 11 is 1.07. The van der Waals surface area contributed by atoms with Gasteiger partial charge in [-0.05, 0) is 31.2 Å². The second kappa shape index (κ2) is 7.51. The molecular formula is C15H15FN4O4S. The van der Waals surface area contributed by atoms with Crippen LogP contribution in [-0.2, 0) is 11.4 Å². The molecular weight excluding hydrogens is 351 g/mol. The normalized spacial score (nSPS) is 15.1. The lowest BCUT2D eigenvalue weighted by molar-refractivity contribution is -0.126. The minimum atomic E-state index is -0.546. The first-order valence-electron chi connectivity index (χ1n) is 7.49. The van der Waals surface area contributed by atoms with Crippen molar-refractivity contribution in [3.8, 4) is 5.75 Å². The lowest BCUT2D eigenvalue weighted by Gasteiger charge is -2.15. The Labute approximate surface area is 146 Å². The predicted octanol–water partition coefficient (Wildman–Crippen LogP) is 1.82. The number of benzene rings is 1. The standard InChI is InChI=1S/C15H15FN4O4S/c1-9(13(21)20-7-6-17-14(20)22)25-15-19-18-12(24-15)8-23-11-4-2-10(16)3-5-11/h2-5,9H,6-8H2,1H3,(H,17,22). The number of amides is 3. The molecule has 1 aliphatic heterocycles. The molecule has 8 nitrogen and oxygen atoms in total. The summed E-state index contributed by atoms with van der Waals surface area (Å²) in [6.07, 6.45) is 0. The Balaban J connectivity index is 1.53. The summed E-state index contributed by atoms with van der Waals surface area (Å²) in [5.74, 6) is 0.0271. The molecule has 1 aromatic heterocycles. The molecule has 1 fully saturated rings. The summed E-state index contributed by atoms with van der Waals surface area (Å²) in [7, 11) is 0. The fourth-order valence-corrected chi connectivity index (χ4v) is 2.89. The third kappa shape index (κ3) is 4.27. The van der Waals surface area contributed by atoms with E-state index < -0.39 is 11.3 Å². The highest BCUT2D eigenvalue weighted by molar-refractivity contribution is 8.00. The highest BCUT2D eigenvalue weighted by Crippen LogP contribution is 2.24. The van der Waals surface area contributed by atoms with Gasteiger partial charge in [0.1, 0.15) is 11.6 Å². The van der Waals surface area contributed by atoms with Gasteiger partial charge in [0.2, 0.25) is 5.91 Å². The molecule has 132 valence electrons. The molecule has 1 atom stereocenters. The first kappa shape index (κ1) is 17.2. The van der Waals surface area contributed by atoms with E-state index in [4.69, 9.17) is 9.15 Å². The van der Waals surface area contributed by atoms with Crippen LogP contribution in [0.5, 0.6) is 5.75 Å². The van der Waals surface area contributed by atoms with Crippen LogP contribution in [0, 0.1) is 5.82 Å². The first-order valence-corrected chi connectivity index (χ1v) is 8.37. The second-order valence-electron chi connectivity index (χ2n) is 5.19. The number of carbonyl (C=O) groups excluding carboxylic acids is 2. The molecule has 10 heteroatoms. The number of urea groups is 1. The van der Waals surface area contributed by atoms with E-state index in [1.807, 2.05) is 0 Å². The fourth-order valence-electron chi connectivity index (χ4n) is 2.12. The molecule has 1 aliphatic rings. The summed E-state index contributed by atoms with van der Waals surface area (Å²) < 4.78 is 23.6. The topological polar surface area (TPSA) is 97.6 Å². The zero-order chi connectivity index (χ0) is 17.8. The number of hydrogen-bond donors (Lipinski definition) is 1. The van der Waals surface area contributed by atoms with Gasteiger partial charge in [-0.2, -0.15) is 0 Å². The monoisotopic (exact) mass is 366 g/mol. The van der Waals surface area contributed by atoms with Gasteiger partial charge in [0, 0.05) is 13.1 Å². The van der Waals surface area contributed by atoms with Gasteiger partial charge in [-0.3, -0.25) is 9.69 Å². The zero-order valence-corrected chi connectivity index (χ0v) is 14.1. The Morgan fingerprint density at radius 2 is 2.20 bits per heavy atom. The number of nitrogens with zero attached hydrogens (tertiary/aromatic N) is 3. The van der Waals surface area contributed by atoms with E-state index in [9.17, 15) is 14.0 Å². The van der Waals surface area contributed by atoms with Gasteiger partial charge in [0.15, 0.2) is 6.61 Å². The third-order valence-electron chi connectivity index (χ3n) is 3.37. The lowest BCUT2D eigenvalue weighted by atomic mass is 10.3. The number of ether oxygens (including phenoxy) is 1. The van der Waals surface area contributed by atoms with Crippen molar-refractivity contribution in [2.75, 3.05) is 13.1 Å². The number of thioether (sulfide) groups is 1. The predicted molar refractivity (Wildman–Crippen MR) is 85.5 cm³/mol. The van der Waals surface area contributed by atoms with Crippen LogP contribution >= 0.6 is 11.8 Å². The van der Waals surface area contributed by atoms with Crippen molar-refractivity contribution in [2.45, 2.75) is 24.0 Å². The Bertz CT molecular complexity index is 767. The number of imide groups is 1. The van der Waals surface area contributed by atoms with Crippen LogP contribution in [0.25, 0.3) is 0 Å². The van der Waals surface area contributed by atoms with E-state index in [0.29, 0.717) is 18.8 Å². The van der Waals surface area contributed by atoms with E-state index in [1.54, 1.807) is 6.92 Å². The van der Waals surface area contributed by atoms with Crippen molar-refractivity contribution in [2.24, 2.45) is 0 Å². The summed E-state index contributed by atoms with van der Waals surface area (Å²) in [6.45, 7) is 2.49. The molecule has 2 aromatic rings. The fraction of sp³-hybridized carbons (Fsp3) is 0.333. The van der Waals surface area contributed by atoms with E-state index in [1.165, 1.54) is 24.3 Å². The molecule has 3 amide bonds. The van der Waals surface area contributed by atoms with Crippen LogP contribution in [0.4, 0.5) is 9.18 Å². The van der Waals surface area contributed by atoms with Gasteiger partial charge in [-0.25, -0.2) is 9.18 Å². The van der Waals surface area contributed by atoms with Crippen LogP contribution in [0.1, 0.15) is 12.8 Å². The molecule has 25 heavy (non-hydrogen) atoms. The molecule has 0 radical (unpaired) electrons. The Kier molecular flexibility index (Phi) is 5.17. The molecule has 0 spiro atoms.